The van der Waals surface area contributed by atoms with Gasteiger partial charge in [-0.1, -0.05) is 58.4 Å². The van der Waals surface area contributed by atoms with Crippen molar-refractivity contribution in [2.75, 3.05) is 11.9 Å². The maximum absolute atomic E-state index is 13.0. The summed E-state index contributed by atoms with van der Waals surface area (Å²) >= 11 is 4.32. The van der Waals surface area contributed by atoms with Crippen LogP contribution in [0.5, 0.6) is 5.75 Å². The quantitative estimate of drug-likeness (QED) is 0.374. The summed E-state index contributed by atoms with van der Waals surface area (Å²) in [7, 11) is 0. The number of nitrogens with zero attached hydrogens (tertiary/aromatic N) is 1. The van der Waals surface area contributed by atoms with Gasteiger partial charge < -0.3 is 10.1 Å². The van der Waals surface area contributed by atoms with Crippen LogP contribution < -0.4 is 10.1 Å². The van der Waals surface area contributed by atoms with E-state index in [1.165, 1.54) is 4.90 Å². The van der Waals surface area contributed by atoms with Crippen molar-refractivity contribution in [1.82, 2.24) is 4.90 Å². The van der Waals surface area contributed by atoms with Gasteiger partial charge in [0.2, 0.25) is 0 Å². The van der Waals surface area contributed by atoms with Crippen molar-refractivity contribution in [3.05, 3.63) is 98.9 Å². The van der Waals surface area contributed by atoms with Crippen molar-refractivity contribution in [2.45, 2.75) is 13.5 Å². The number of hydrogen-bond acceptors (Lipinski definition) is 5. The van der Waals surface area contributed by atoms with Crippen molar-refractivity contribution in [3.8, 4) is 5.75 Å². The predicted octanol–water partition coefficient (Wildman–Crippen LogP) is 6.01. The van der Waals surface area contributed by atoms with Gasteiger partial charge in [0, 0.05) is 15.7 Å². The van der Waals surface area contributed by atoms with Crippen LogP contribution in [0, 0.1) is 6.92 Å². The third kappa shape index (κ3) is 5.76. The SMILES string of the molecule is Cc1ccccc1CN1C(=O)S/C(=C\c2cc(Br)ccc2OCC(=O)Nc2ccccc2)C1=O. The fourth-order valence-electron chi connectivity index (χ4n) is 3.36. The number of amides is 3. The molecule has 3 amide bonds. The van der Waals surface area contributed by atoms with E-state index in [9.17, 15) is 14.4 Å². The zero-order valence-corrected chi connectivity index (χ0v) is 20.7. The van der Waals surface area contributed by atoms with Crippen LogP contribution in [0.25, 0.3) is 6.08 Å². The molecule has 1 heterocycles. The van der Waals surface area contributed by atoms with E-state index in [2.05, 4.69) is 21.2 Å². The molecule has 1 fully saturated rings. The Morgan fingerprint density at radius 3 is 2.56 bits per heavy atom. The summed E-state index contributed by atoms with van der Waals surface area (Å²) in [5.74, 6) is -0.235. The van der Waals surface area contributed by atoms with Gasteiger partial charge in [0.1, 0.15) is 5.75 Å². The van der Waals surface area contributed by atoms with Crippen LogP contribution in [0.1, 0.15) is 16.7 Å². The van der Waals surface area contributed by atoms with Crippen molar-refractivity contribution < 1.29 is 19.1 Å². The molecule has 3 aromatic rings. The maximum atomic E-state index is 13.0. The Labute approximate surface area is 210 Å². The van der Waals surface area contributed by atoms with E-state index in [1.54, 1.807) is 36.4 Å². The van der Waals surface area contributed by atoms with E-state index < -0.39 is 0 Å². The third-order valence-electron chi connectivity index (χ3n) is 5.14. The van der Waals surface area contributed by atoms with E-state index in [0.717, 1.165) is 27.4 Å². The van der Waals surface area contributed by atoms with E-state index in [-0.39, 0.29) is 30.2 Å². The van der Waals surface area contributed by atoms with Crippen LogP contribution in [-0.4, -0.2) is 28.6 Å². The number of benzene rings is 3. The summed E-state index contributed by atoms with van der Waals surface area (Å²) in [5, 5.41) is 2.44. The zero-order chi connectivity index (χ0) is 24.1. The van der Waals surface area contributed by atoms with Gasteiger partial charge in [0.15, 0.2) is 6.61 Å². The lowest BCUT2D eigenvalue weighted by Gasteiger charge is -2.14. The number of nitrogens with one attached hydrogen (secondary N) is 1. The molecule has 3 aromatic carbocycles. The molecule has 0 radical (unpaired) electrons. The smallest absolute Gasteiger partial charge is 0.293 e. The number of thioether (sulfide) groups is 1. The van der Waals surface area contributed by atoms with Crippen LogP contribution in [0.2, 0.25) is 0 Å². The standard InChI is InChI=1S/C26H21BrN2O4S/c1-17-7-5-6-8-18(17)15-29-25(31)23(34-26(29)32)14-19-13-20(27)11-12-22(19)33-16-24(30)28-21-9-3-2-4-10-21/h2-14H,15-16H2,1H3,(H,28,30)/b23-14-. The van der Waals surface area contributed by atoms with Gasteiger partial charge in [-0.2, -0.15) is 0 Å². The lowest BCUT2D eigenvalue weighted by atomic mass is 10.1. The summed E-state index contributed by atoms with van der Waals surface area (Å²) in [6, 6.07) is 22.0. The lowest BCUT2D eigenvalue weighted by molar-refractivity contribution is -0.123. The molecule has 0 atom stereocenters. The molecule has 0 aromatic heterocycles. The van der Waals surface area contributed by atoms with E-state index in [0.29, 0.717) is 21.9 Å². The van der Waals surface area contributed by atoms with Crippen LogP contribution in [0.4, 0.5) is 10.5 Å². The number of imide groups is 1. The molecule has 0 aliphatic carbocycles. The average Bonchev–Trinajstić information content (AvgIpc) is 3.08. The number of para-hydroxylation sites is 1. The van der Waals surface area contributed by atoms with Crippen LogP contribution in [0.3, 0.4) is 0 Å². The largest absolute Gasteiger partial charge is 0.483 e. The molecule has 0 saturated carbocycles. The molecular weight excluding hydrogens is 516 g/mol. The van der Waals surface area contributed by atoms with E-state index in [4.69, 9.17) is 4.74 Å². The molecule has 1 N–H and O–H groups in total. The fraction of sp³-hybridized carbons (Fsp3) is 0.115. The minimum absolute atomic E-state index is 0.202. The molecule has 6 nitrogen and oxygen atoms in total. The highest BCUT2D eigenvalue weighted by Gasteiger charge is 2.35. The van der Waals surface area contributed by atoms with Crippen molar-refractivity contribution in [2.24, 2.45) is 0 Å². The number of halogens is 1. The molecule has 1 aliphatic rings. The highest BCUT2D eigenvalue weighted by molar-refractivity contribution is 9.10. The molecule has 0 unspecified atom stereocenters. The molecule has 172 valence electrons. The molecule has 0 spiro atoms. The highest BCUT2D eigenvalue weighted by Crippen LogP contribution is 2.36. The molecule has 4 rings (SSSR count). The molecule has 34 heavy (non-hydrogen) atoms. The maximum Gasteiger partial charge on any atom is 0.293 e. The summed E-state index contributed by atoms with van der Waals surface area (Å²) in [6.45, 7) is 1.96. The second kappa shape index (κ2) is 10.7. The van der Waals surface area contributed by atoms with Gasteiger partial charge in [-0.3, -0.25) is 19.3 Å². The Bertz CT molecular complexity index is 1280. The van der Waals surface area contributed by atoms with Gasteiger partial charge in [0.05, 0.1) is 11.4 Å². The molecular formula is C26H21BrN2O4S. The minimum Gasteiger partial charge on any atom is -0.483 e. The molecule has 0 bridgehead atoms. The third-order valence-corrected chi connectivity index (χ3v) is 6.54. The summed E-state index contributed by atoms with van der Waals surface area (Å²) in [4.78, 5) is 39.4. The van der Waals surface area contributed by atoms with Crippen LogP contribution >= 0.6 is 27.7 Å². The second-order valence-corrected chi connectivity index (χ2v) is 9.49. The average molecular weight is 537 g/mol. The van der Waals surface area contributed by atoms with Gasteiger partial charge in [-0.15, -0.1) is 0 Å². The van der Waals surface area contributed by atoms with E-state index >= 15 is 0 Å². The normalized spacial score (nSPS) is 14.5. The van der Waals surface area contributed by atoms with Crippen LogP contribution in [0.15, 0.2) is 82.2 Å². The first-order chi connectivity index (χ1) is 16.4. The Morgan fingerprint density at radius 1 is 1.06 bits per heavy atom. The first kappa shape index (κ1) is 23.8. The number of ether oxygens (including phenoxy) is 1. The summed E-state index contributed by atoms with van der Waals surface area (Å²) in [5.41, 5.74) is 3.20. The highest BCUT2D eigenvalue weighted by atomic mass is 79.9. The number of carbonyl (C=O) groups excluding carboxylic acids is 3. The molecule has 1 saturated heterocycles. The lowest BCUT2D eigenvalue weighted by Crippen LogP contribution is -2.27. The Hall–Kier alpha value is -3.36. The van der Waals surface area contributed by atoms with E-state index in [1.807, 2.05) is 49.4 Å². The topological polar surface area (TPSA) is 75.7 Å². The molecule has 1 aliphatic heterocycles. The van der Waals surface area contributed by atoms with Gasteiger partial charge >= 0.3 is 0 Å². The Morgan fingerprint density at radius 2 is 1.79 bits per heavy atom. The van der Waals surface area contributed by atoms with Crippen molar-refractivity contribution >= 4 is 56.5 Å². The number of aryl methyl sites for hydroxylation is 1. The zero-order valence-electron chi connectivity index (χ0n) is 18.3. The summed E-state index contributed by atoms with van der Waals surface area (Å²) < 4.78 is 6.52. The number of carbonyl (C=O) groups is 3. The monoisotopic (exact) mass is 536 g/mol. The first-order valence-corrected chi connectivity index (χ1v) is 12.1. The van der Waals surface area contributed by atoms with Gasteiger partial charge in [-0.25, -0.2) is 0 Å². The molecule has 8 heteroatoms. The Balaban J connectivity index is 1.49. The fourth-order valence-corrected chi connectivity index (χ4v) is 4.57. The van der Waals surface area contributed by atoms with Crippen molar-refractivity contribution in [1.29, 1.82) is 0 Å². The number of anilines is 1. The Kier molecular flexibility index (Phi) is 7.49. The first-order valence-electron chi connectivity index (χ1n) is 10.5. The number of hydrogen-bond donors (Lipinski definition) is 1. The van der Waals surface area contributed by atoms with Gasteiger partial charge in [0.25, 0.3) is 17.1 Å². The van der Waals surface area contributed by atoms with Crippen molar-refractivity contribution in [3.63, 3.8) is 0 Å². The number of rotatable bonds is 7. The minimum atomic E-state index is -0.356. The predicted molar refractivity (Wildman–Crippen MR) is 137 cm³/mol. The second-order valence-electron chi connectivity index (χ2n) is 7.58. The van der Waals surface area contributed by atoms with Crippen LogP contribution in [-0.2, 0) is 16.1 Å². The van der Waals surface area contributed by atoms with Gasteiger partial charge in [-0.05, 0) is 66.2 Å². The summed E-state index contributed by atoms with van der Waals surface area (Å²) in [6.07, 6.45) is 1.62.